The SMILES string of the molecule is CC1(C)COCCN1S(=O)(=O)c1ccc2[nH]c(=O)oc2c1. The van der Waals surface area contributed by atoms with Gasteiger partial charge < -0.3 is 9.15 Å². The van der Waals surface area contributed by atoms with E-state index >= 15 is 0 Å². The highest BCUT2D eigenvalue weighted by molar-refractivity contribution is 7.89. The van der Waals surface area contributed by atoms with Crippen molar-refractivity contribution in [3.05, 3.63) is 28.7 Å². The molecule has 2 heterocycles. The summed E-state index contributed by atoms with van der Waals surface area (Å²) in [4.78, 5) is 13.7. The largest absolute Gasteiger partial charge is 0.417 e. The van der Waals surface area contributed by atoms with E-state index in [0.717, 1.165) is 0 Å². The van der Waals surface area contributed by atoms with Crippen LogP contribution in [0.4, 0.5) is 0 Å². The number of morpholine rings is 1. The first-order chi connectivity index (χ1) is 9.80. The Balaban J connectivity index is 2.08. The van der Waals surface area contributed by atoms with Gasteiger partial charge in [0.05, 0.1) is 29.2 Å². The predicted octanol–water partition coefficient (Wildman–Crippen LogP) is 0.921. The molecule has 8 heteroatoms. The van der Waals surface area contributed by atoms with Crippen molar-refractivity contribution in [3.63, 3.8) is 0 Å². The Kier molecular flexibility index (Phi) is 3.19. The number of rotatable bonds is 2. The van der Waals surface area contributed by atoms with E-state index in [0.29, 0.717) is 25.3 Å². The maximum atomic E-state index is 12.8. The zero-order valence-electron chi connectivity index (χ0n) is 11.8. The Morgan fingerprint density at radius 1 is 1.33 bits per heavy atom. The molecule has 1 N–H and O–H groups in total. The van der Waals surface area contributed by atoms with Gasteiger partial charge in [-0.25, -0.2) is 13.2 Å². The molecule has 7 nitrogen and oxygen atoms in total. The van der Waals surface area contributed by atoms with E-state index in [2.05, 4.69) is 4.98 Å². The summed E-state index contributed by atoms with van der Waals surface area (Å²) in [7, 11) is -3.67. The molecule has 1 aliphatic heterocycles. The Morgan fingerprint density at radius 2 is 2.10 bits per heavy atom. The maximum absolute atomic E-state index is 12.8. The molecule has 114 valence electrons. The lowest BCUT2D eigenvalue weighted by Gasteiger charge is -2.40. The molecular formula is C13H16N2O5S. The molecule has 0 amide bonds. The number of fused-ring (bicyclic) bond motifs is 1. The molecule has 0 radical (unpaired) electrons. The number of aromatic nitrogens is 1. The van der Waals surface area contributed by atoms with Crippen molar-refractivity contribution in [2.45, 2.75) is 24.3 Å². The number of aromatic amines is 1. The topological polar surface area (TPSA) is 92.6 Å². The summed E-state index contributed by atoms with van der Waals surface area (Å²) in [5, 5.41) is 0. The fourth-order valence-electron chi connectivity index (χ4n) is 2.50. The molecule has 3 rings (SSSR count). The van der Waals surface area contributed by atoms with E-state index in [4.69, 9.17) is 9.15 Å². The smallest absolute Gasteiger partial charge is 0.408 e. The number of hydrogen-bond donors (Lipinski definition) is 1. The first kappa shape index (κ1) is 14.3. The number of benzene rings is 1. The van der Waals surface area contributed by atoms with E-state index < -0.39 is 21.3 Å². The lowest BCUT2D eigenvalue weighted by atomic mass is 10.1. The van der Waals surface area contributed by atoms with Gasteiger partial charge in [0.2, 0.25) is 10.0 Å². The van der Waals surface area contributed by atoms with E-state index in [1.807, 2.05) is 13.8 Å². The fraction of sp³-hybridized carbons (Fsp3) is 0.462. The van der Waals surface area contributed by atoms with Crippen LogP contribution in [0, 0.1) is 0 Å². The minimum Gasteiger partial charge on any atom is -0.408 e. The van der Waals surface area contributed by atoms with Crippen molar-refractivity contribution in [1.29, 1.82) is 0 Å². The molecule has 0 unspecified atom stereocenters. The van der Waals surface area contributed by atoms with Crippen LogP contribution < -0.4 is 5.76 Å². The monoisotopic (exact) mass is 312 g/mol. The van der Waals surface area contributed by atoms with Crippen LogP contribution in [0.25, 0.3) is 11.1 Å². The third-order valence-electron chi connectivity index (χ3n) is 3.55. The molecule has 0 spiro atoms. The van der Waals surface area contributed by atoms with Gasteiger partial charge in [-0.2, -0.15) is 4.31 Å². The van der Waals surface area contributed by atoms with Gasteiger partial charge in [-0.15, -0.1) is 0 Å². The summed E-state index contributed by atoms with van der Waals surface area (Å²) in [6, 6.07) is 4.36. The van der Waals surface area contributed by atoms with Crippen LogP contribution in [-0.2, 0) is 14.8 Å². The van der Waals surface area contributed by atoms with Crippen molar-refractivity contribution >= 4 is 21.1 Å². The van der Waals surface area contributed by atoms with E-state index in [1.54, 1.807) is 0 Å². The Labute approximate surface area is 121 Å². The minimum atomic E-state index is -3.67. The summed E-state index contributed by atoms with van der Waals surface area (Å²) in [5.41, 5.74) is 0.0812. The zero-order valence-corrected chi connectivity index (χ0v) is 12.6. The van der Waals surface area contributed by atoms with Crippen LogP contribution >= 0.6 is 0 Å². The van der Waals surface area contributed by atoms with Gasteiger partial charge in [-0.05, 0) is 26.0 Å². The summed E-state index contributed by atoms with van der Waals surface area (Å²) in [6.07, 6.45) is 0. The van der Waals surface area contributed by atoms with E-state index in [1.165, 1.54) is 22.5 Å². The van der Waals surface area contributed by atoms with E-state index in [9.17, 15) is 13.2 Å². The van der Waals surface area contributed by atoms with Crippen LogP contribution in [0.2, 0.25) is 0 Å². The molecule has 1 aromatic heterocycles. The number of H-pyrrole nitrogens is 1. The van der Waals surface area contributed by atoms with Gasteiger partial charge in [0.25, 0.3) is 0 Å². The van der Waals surface area contributed by atoms with Gasteiger partial charge in [0, 0.05) is 12.6 Å². The fourth-order valence-corrected chi connectivity index (χ4v) is 4.27. The molecule has 1 fully saturated rings. The highest BCUT2D eigenvalue weighted by Gasteiger charge is 2.39. The van der Waals surface area contributed by atoms with Gasteiger partial charge in [-0.1, -0.05) is 0 Å². The number of sulfonamides is 1. The second-order valence-corrected chi connectivity index (χ2v) is 7.48. The van der Waals surface area contributed by atoms with Crippen molar-refractivity contribution in [1.82, 2.24) is 9.29 Å². The number of nitrogens with zero attached hydrogens (tertiary/aromatic N) is 1. The van der Waals surface area contributed by atoms with Crippen LogP contribution in [0.1, 0.15) is 13.8 Å². The molecule has 1 aliphatic rings. The predicted molar refractivity (Wildman–Crippen MR) is 75.6 cm³/mol. The first-order valence-corrected chi connectivity index (χ1v) is 7.98. The number of hydrogen-bond acceptors (Lipinski definition) is 5. The minimum absolute atomic E-state index is 0.104. The summed E-state index contributed by atoms with van der Waals surface area (Å²) in [5.74, 6) is -0.605. The summed E-state index contributed by atoms with van der Waals surface area (Å²) < 4.78 is 37.3. The average molecular weight is 312 g/mol. The molecule has 21 heavy (non-hydrogen) atoms. The normalized spacial score (nSPS) is 19.9. The molecule has 0 saturated carbocycles. The summed E-state index contributed by atoms with van der Waals surface area (Å²) >= 11 is 0. The van der Waals surface area contributed by atoms with Crippen LogP contribution in [0.5, 0.6) is 0 Å². The molecule has 0 bridgehead atoms. The van der Waals surface area contributed by atoms with E-state index in [-0.39, 0.29) is 10.5 Å². The second kappa shape index (κ2) is 4.69. The quantitative estimate of drug-likeness (QED) is 0.890. The molecule has 0 aliphatic carbocycles. The molecule has 1 saturated heterocycles. The lowest BCUT2D eigenvalue weighted by Crippen LogP contribution is -2.55. The van der Waals surface area contributed by atoms with Crippen molar-refractivity contribution in [3.8, 4) is 0 Å². The highest BCUT2D eigenvalue weighted by Crippen LogP contribution is 2.28. The molecule has 1 aromatic carbocycles. The molecular weight excluding hydrogens is 296 g/mol. The molecule has 0 atom stereocenters. The number of ether oxygens (including phenoxy) is 1. The highest BCUT2D eigenvalue weighted by atomic mass is 32.2. The standard InChI is InChI=1S/C13H16N2O5S/c1-13(2)8-19-6-5-15(13)21(17,18)9-3-4-10-11(7-9)20-12(16)14-10/h3-4,7H,5-6,8H2,1-2H3,(H,14,16). The Hall–Kier alpha value is -1.64. The van der Waals surface area contributed by atoms with Gasteiger partial charge >= 0.3 is 5.76 Å². The van der Waals surface area contributed by atoms with Crippen molar-refractivity contribution < 1.29 is 17.6 Å². The second-order valence-electron chi connectivity index (χ2n) is 5.61. The first-order valence-electron chi connectivity index (χ1n) is 6.54. The third kappa shape index (κ3) is 2.39. The zero-order chi connectivity index (χ0) is 15.3. The van der Waals surface area contributed by atoms with Gasteiger partial charge in [-0.3, -0.25) is 4.98 Å². The Morgan fingerprint density at radius 3 is 2.81 bits per heavy atom. The van der Waals surface area contributed by atoms with Gasteiger partial charge in [0.1, 0.15) is 0 Å². The Bertz CT molecular complexity index is 834. The van der Waals surface area contributed by atoms with Crippen molar-refractivity contribution in [2.24, 2.45) is 0 Å². The van der Waals surface area contributed by atoms with Crippen LogP contribution in [0.15, 0.2) is 32.3 Å². The average Bonchev–Trinajstić information content (AvgIpc) is 2.76. The van der Waals surface area contributed by atoms with Crippen molar-refractivity contribution in [2.75, 3.05) is 19.8 Å². The molecule has 2 aromatic rings. The summed E-state index contributed by atoms with van der Waals surface area (Å²) in [6.45, 7) is 4.64. The van der Waals surface area contributed by atoms with Gasteiger partial charge in [0.15, 0.2) is 5.58 Å². The number of oxazole rings is 1. The lowest BCUT2D eigenvalue weighted by molar-refractivity contribution is -0.00770. The van der Waals surface area contributed by atoms with Crippen LogP contribution in [0.3, 0.4) is 0 Å². The number of nitrogens with one attached hydrogen (secondary N) is 1. The third-order valence-corrected chi connectivity index (χ3v) is 5.66. The maximum Gasteiger partial charge on any atom is 0.417 e. The van der Waals surface area contributed by atoms with Crippen LogP contribution in [-0.4, -0.2) is 43.0 Å².